The third kappa shape index (κ3) is 5.56. The number of carbonyl (C=O) groups excluding carboxylic acids is 2. The van der Waals surface area contributed by atoms with Crippen molar-refractivity contribution in [2.24, 2.45) is 0 Å². The van der Waals surface area contributed by atoms with E-state index in [1.165, 1.54) is 0 Å². The largest absolute Gasteiger partial charge is 0.460 e. The van der Waals surface area contributed by atoms with Crippen molar-refractivity contribution in [3.05, 3.63) is 18.5 Å². The standard InChI is InChI=1S/C20H30N4O4/c1-20(2,3)28-19(26)24-13-4-6-16(24)17(25)23-14-7-9-15(10-8-14)27-18-21-11-5-12-22-18/h5,11-12,14-16H,4,6-10,13H2,1-3H3,(H,23,25). The summed E-state index contributed by atoms with van der Waals surface area (Å²) in [6.07, 6.45) is 7.81. The van der Waals surface area contributed by atoms with E-state index >= 15 is 0 Å². The summed E-state index contributed by atoms with van der Waals surface area (Å²) in [4.78, 5) is 34.9. The molecule has 1 aromatic rings. The summed E-state index contributed by atoms with van der Waals surface area (Å²) in [5, 5.41) is 3.12. The van der Waals surface area contributed by atoms with Gasteiger partial charge in [-0.25, -0.2) is 14.8 Å². The Kier molecular flexibility index (Phi) is 6.36. The molecule has 1 saturated heterocycles. The Hall–Kier alpha value is -2.38. The molecule has 0 bridgehead atoms. The van der Waals surface area contributed by atoms with Crippen LogP contribution in [0, 0.1) is 0 Å². The Morgan fingerprint density at radius 2 is 1.79 bits per heavy atom. The van der Waals surface area contributed by atoms with E-state index in [4.69, 9.17) is 9.47 Å². The van der Waals surface area contributed by atoms with E-state index in [2.05, 4.69) is 15.3 Å². The summed E-state index contributed by atoms with van der Waals surface area (Å²) in [6, 6.07) is 1.81. The molecule has 154 valence electrons. The fourth-order valence-electron chi connectivity index (χ4n) is 3.70. The predicted octanol–water partition coefficient (Wildman–Crippen LogP) is 2.68. The molecule has 8 heteroatoms. The van der Waals surface area contributed by atoms with Gasteiger partial charge in [0, 0.05) is 25.0 Å². The van der Waals surface area contributed by atoms with Crippen molar-refractivity contribution in [1.82, 2.24) is 20.2 Å². The molecule has 0 aromatic carbocycles. The zero-order valence-corrected chi connectivity index (χ0v) is 16.9. The van der Waals surface area contributed by atoms with Crippen molar-refractivity contribution < 1.29 is 19.1 Å². The topological polar surface area (TPSA) is 93.7 Å². The van der Waals surface area contributed by atoms with E-state index in [1.807, 2.05) is 20.8 Å². The van der Waals surface area contributed by atoms with E-state index in [9.17, 15) is 9.59 Å². The van der Waals surface area contributed by atoms with Gasteiger partial charge in [-0.3, -0.25) is 9.69 Å². The second kappa shape index (κ2) is 8.75. The number of amides is 2. The van der Waals surface area contributed by atoms with Gasteiger partial charge < -0.3 is 14.8 Å². The van der Waals surface area contributed by atoms with Gasteiger partial charge >= 0.3 is 12.1 Å². The molecule has 0 radical (unpaired) electrons. The van der Waals surface area contributed by atoms with Crippen LogP contribution < -0.4 is 10.1 Å². The van der Waals surface area contributed by atoms with Crippen molar-refractivity contribution in [2.45, 2.75) is 83.1 Å². The molecule has 1 aliphatic heterocycles. The molecule has 3 rings (SSSR count). The molecule has 2 aliphatic rings. The predicted molar refractivity (Wildman–Crippen MR) is 103 cm³/mol. The molecule has 2 amide bonds. The third-order valence-electron chi connectivity index (χ3n) is 5.02. The summed E-state index contributed by atoms with van der Waals surface area (Å²) in [5.74, 6) is -0.0841. The molecular formula is C20H30N4O4. The first-order valence-electron chi connectivity index (χ1n) is 10.1. The highest BCUT2D eigenvalue weighted by Crippen LogP contribution is 2.24. The Morgan fingerprint density at radius 3 is 2.43 bits per heavy atom. The van der Waals surface area contributed by atoms with Crippen molar-refractivity contribution in [1.29, 1.82) is 0 Å². The van der Waals surface area contributed by atoms with Gasteiger partial charge in [-0.1, -0.05) is 0 Å². The van der Waals surface area contributed by atoms with Gasteiger partial charge in [0.05, 0.1) is 0 Å². The van der Waals surface area contributed by atoms with Crippen LogP contribution in [0.15, 0.2) is 18.5 Å². The SMILES string of the molecule is CC(C)(C)OC(=O)N1CCCC1C(=O)NC1CCC(Oc2ncccn2)CC1. The van der Waals surface area contributed by atoms with E-state index in [0.717, 1.165) is 32.1 Å². The van der Waals surface area contributed by atoms with Crippen LogP contribution >= 0.6 is 0 Å². The maximum Gasteiger partial charge on any atom is 0.410 e. The highest BCUT2D eigenvalue weighted by Gasteiger charge is 2.37. The Labute approximate surface area is 166 Å². The summed E-state index contributed by atoms with van der Waals surface area (Å²) < 4.78 is 11.2. The molecule has 1 aliphatic carbocycles. The van der Waals surface area contributed by atoms with Crippen LogP contribution in [0.2, 0.25) is 0 Å². The second-order valence-electron chi connectivity index (χ2n) is 8.46. The highest BCUT2D eigenvalue weighted by atomic mass is 16.6. The summed E-state index contributed by atoms with van der Waals surface area (Å²) in [6.45, 7) is 6.05. The van der Waals surface area contributed by atoms with Gasteiger partial charge in [0.15, 0.2) is 0 Å². The van der Waals surface area contributed by atoms with Crippen LogP contribution in [-0.4, -0.2) is 57.2 Å². The summed E-state index contributed by atoms with van der Waals surface area (Å²) >= 11 is 0. The maximum atomic E-state index is 12.8. The molecule has 8 nitrogen and oxygen atoms in total. The number of aromatic nitrogens is 2. The Bertz CT molecular complexity index is 669. The van der Waals surface area contributed by atoms with Crippen molar-refractivity contribution in [3.63, 3.8) is 0 Å². The van der Waals surface area contributed by atoms with E-state index in [0.29, 0.717) is 19.0 Å². The zero-order chi connectivity index (χ0) is 20.1. The highest BCUT2D eigenvalue weighted by molar-refractivity contribution is 5.86. The minimum absolute atomic E-state index is 0.0697. The first kappa shape index (κ1) is 20.4. The number of rotatable bonds is 4. The van der Waals surface area contributed by atoms with Gasteiger partial charge in [0.1, 0.15) is 17.7 Å². The first-order chi connectivity index (χ1) is 13.3. The van der Waals surface area contributed by atoms with Gasteiger partial charge in [0.2, 0.25) is 5.91 Å². The van der Waals surface area contributed by atoms with E-state index in [1.54, 1.807) is 23.4 Å². The van der Waals surface area contributed by atoms with Crippen molar-refractivity contribution >= 4 is 12.0 Å². The number of hydrogen-bond acceptors (Lipinski definition) is 6. The zero-order valence-electron chi connectivity index (χ0n) is 16.9. The number of nitrogens with zero attached hydrogens (tertiary/aromatic N) is 3. The molecule has 1 atom stereocenters. The fourth-order valence-corrected chi connectivity index (χ4v) is 3.70. The van der Waals surface area contributed by atoms with Crippen LogP contribution in [0.5, 0.6) is 6.01 Å². The quantitative estimate of drug-likeness (QED) is 0.850. The molecule has 1 N–H and O–H groups in total. The molecule has 1 saturated carbocycles. The fraction of sp³-hybridized carbons (Fsp3) is 0.700. The Balaban J connectivity index is 1.46. The number of ether oxygens (including phenoxy) is 2. The van der Waals surface area contributed by atoms with Crippen molar-refractivity contribution in [3.8, 4) is 6.01 Å². The minimum atomic E-state index is -0.568. The van der Waals surface area contributed by atoms with Gasteiger partial charge in [-0.05, 0) is 65.4 Å². The number of likely N-dealkylation sites (tertiary alicyclic amines) is 1. The van der Waals surface area contributed by atoms with Gasteiger partial charge in [-0.2, -0.15) is 0 Å². The van der Waals surface area contributed by atoms with E-state index in [-0.39, 0.29) is 18.1 Å². The van der Waals surface area contributed by atoms with Crippen LogP contribution in [-0.2, 0) is 9.53 Å². The van der Waals surface area contributed by atoms with Crippen LogP contribution in [0.1, 0.15) is 59.3 Å². The molecule has 2 heterocycles. The number of carbonyl (C=O) groups is 2. The number of hydrogen-bond donors (Lipinski definition) is 1. The summed E-state index contributed by atoms with van der Waals surface area (Å²) in [7, 11) is 0. The molecule has 28 heavy (non-hydrogen) atoms. The maximum absolute atomic E-state index is 12.8. The minimum Gasteiger partial charge on any atom is -0.460 e. The average molecular weight is 390 g/mol. The molecule has 0 spiro atoms. The van der Waals surface area contributed by atoms with Crippen LogP contribution in [0.3, 0.4) is 0 Å². The lowest BCUT2D eigenvalue weighted by Gasteiger charge is -2.31. The summed E-state index contributed by atoms with van der Waals surface area (Å²) in [5.41, 5.74) is -0.568. The Morgan fingerprint density at radius 1 is 1.11 bits per heavy atom. The molecule has 1 unspecified atom stereocenters. The van der Waals surface area contributed by atoms with Crippen molar-refractivity contribution in [2.75, 3.05) is 6.54 Å². The number of nitrogens with one attached hydrogen (secondary N) is 1. The van der Waals surface area contributed by atoms with Gasteiger partial charge in [0.25, 0.3) is 0 Å². The first-order valence-corrected chi connectivity index (χ1v) is 10.1. The monoisotopic (exact) mass is 390 g/mol. The van der Waals surface area contributed by atoms with Gasteiger partial charge in [-0.15, -0.1) is 0 Å². The molecule has 2 fully saturated rings. The lowest BCUT2D eigenvalue weighted by molar-refractivity contribution is -0.126. The average Bonchev–Trinajstić information content (AvgIpc) is 3.13. The third-order valence-corrected chi connectivity index (χ3v) is 5.02. The second-order valence-corrected chi connectivity index (χ2v) is 8.46. The van der Waals surface area contributed by atoms with Crippen LogP contribution in [0.25, 0.3) is 0 Å². The molecule has 1 aromatic heterocycles. The lowest BCUT2D eigenvalue weighted by atomic mass is 9.92. The van der Waals surface area contributed by atoms with E-state index < -0.39 is 17.7 Å². The normalized spacial score (nSPS) is 25.2. The smallest absolute Gasteiger partial charge is 0.410 e. The van der Waals surface area contributed by atoms with Crippen LogP contribution in [0.4, 0.5) is 4.79 Å². The lowest BCUT2D eigenvalue weighted by Crippen LogP contribution is -2.50. The molecular weight excluding hydrogens is 360 g/mol.